The summed E-state index contributed by atoms with van der Waals surface area (Å²) in [6, 6.07) is 1.99. The summed E-state index contributed by atoms with van der Waals surface area (Å²) in [5.74, 6) is 0. The van der Waals surface area contributed by atoms with Crippen molar-refractivity contribution in [3.8, 4) is 0 Å². The molecular formula is C8H11NO2S. The molecule has 12 heavy (non-hydrogen) atoms. The molecule has 0 spiro atoms. The zero-order valence-electron chi connectivity index (χ0n) is 7.11. The molecule has 0 aliphatic carbocycles. The fourth-order valence-corrected chi connectivity index (χ4v) is 1.54. The minimum Gasteiger partial charge on any atom is -0.453 e. The number of nitrogens with zero attached hydrogens (tertiary/aromatic N) is 1. The van der Waals surface area contributed by atoms with Crippen molar-refractivity contribution in [1.82, 2.24) is 4.90 Å². The number of hydrogen-bond acceptors (Lipinski definition) is 3. The number of thiophene rings is 1. The second-order valence-electron chi connectivity index (χ2n) is 2.46. The lowest BCUT2D eigenvalue weighted by molar-refractivity contribution is 0.131. The molecular weight excluding hydrogens is 174 g/mol. The third kappa shape index (κ3) is 2.23. The number of carbonyl (C=O) groups is 1. The van der Waals surface area contributed by atoms with Gasteiger partial charge in [0.05, 0.1) is 7.11 Å². The first kappa shape index (κ1) is 9.06. The average Bonchev–Trinajstić information content (AvgIpc) is 2.55. The molecule has 0 N–H and O–H groups in total. The number of amides is 1. The molecule has 1 heterocycles. The van der Waals surface area contributed by atoms with Gasteiger partial charge < -0.3 is 9.64 Å². The van der Waals surface area contributed by atoms with E-state index in [9.17, 15) is 4.79 Å². The van der Waals surface area contributed by atoms with Crippen molar-refractivity contribution in [3.63, 3.8) is 0 Å². The minimum absolute atomic E-state index is 0.304. The lowest BCUT2D eigenvalue weighted by atomic mass is 10.3. The fourth-order valence-electron chi connectivity index (χ4n) is 0.877. The van der Waals surface area contributed by atoms with E-state index in [2.05, 4.69) is 4.74 Å². The van der Waals surface area contributed by atoms with Gasteiger partial charge in [0, 0.05) is 13.6 Å². The molecule has 1 rings (SSSR count). The van der Waals surface area contributed by atoms with Crippen LogP contribution in [0.15, 0.2) is 16.8 Å². The molecule has 0 aliphatic heterocycles. The lowest BCUT2D eigenvalue weighted by Gasteiger charge is -2.13. The van der Waals surface area contributed by atoms with Crippen LogP contribution < -0.4 is 0 Å². The Labute approximate surface area is 75.6 Å². The molecule has 1 aromatic rings. The first-order valence-corrected chi connectivity index (χ1v) is 4.48. The highest BCUT2D eigenvalue weighted by molar-refractivity contribution is 7.07. The number of carbonyl (C=O) groups excluding carboxylic acids is 1. The van der Waals surface area contributed by atoms with Gasteiger partial charge in [-0.05, 0) is 22.4 Å². The monoisotopic (exact) mass is 185 g/mol. The zero-order valence-corrected chi connectivity index (χ0v) is 7.93. The summed E-state index contributed by atoms with van der Waals surface area (Å²) in [6.45, 7) is 0.607. The molecule has 0 saturated carbocycles. The summed E-state index contributed by atoms with van der Waals surface area (Å²) in [5.41, 5.74) is 1.13. The van der Waals surface area contributed by atoms with E-state index in [4.69, 9.17) is 0 Å². The fraction of sp³-hybridized carbons (Fsp3) is 0.375. The minimum atomic E-state index is -0.304. The predicted octanol–water partition coefficient (Wildman–Crippen LogP) is 1.95. The smallest absolute Gasteiger partial charge is 0.409 e. The quantitative estimate of drug-likeness (QED) is 0.704. The normalized spacial score (nSPS) is 9.50. The third-order valence-corrected chi connectivity index (χ3v) is 2.22. The van der Waals surface area contributed by atoms with Crippen LogP contribution in [0.1, 0.15) is 5.56 Å². The molecule has 0 unspecified atom stereocenters. The lowest BCUT2D eigenvalue weighted by Crippen LogP contribution is -2.25. The number of rotatable bonds is 2. The van der Waals surface area contributed by atoms with Gasteiger partial charge in [0.15, 0.2) is 0 Å². The zero-order chi connectivity index (χ0) is 8.97. The van der Waals surface area contributed by atoms with Crippen LogP contribution in [-0.2, 0) is 11.3 Å². The molecule has 1 aromatic heterocycles. The van der Waals surface area contributed by atoms with Crippen molar-refractivity contribution in [1.29, 1.82) is 0 Å². The number of hydrogen-bond donors (Lipinski definition) is 0. The van der Waals surface area contributed by atoms with E-state index in [1.54, 1.807) is 18.4 Å². The molecule has 0 saturated heterocycles. The van der Waals surface area contributed by atoms with E-state index in [0.29, 0.717) is 6.54 Å². The highest BCUT2D eigenvalue weighted by atomic mass is 32.1. The molecule has 0 radical (unpaired) electrons. The SMILES string of the molecule is COC(=O)N(C)Cc1ccsc1. The summed E-state index contributed by atoms with van der Waals surface area (Å²) >= 11 is 1.62. The summed E-state index contributed by atoms with van der Waals surface area (Å²) in [6.07, 6.45) is -0.304. The van der Waals surface area contributed by atoms with Gasteiger partial charge in [-0.2, -0.15) is 11.3 Å². The van der Waals surface area contributed by atoms with E-state index in [-0.39, 0.29) is 6.09 Å². The van der Waals surface area contributed by atoms with Crippen molar-refractivity contribution in [2.75, 3.05) is 14.2 Å². The summed E-state index contributed by atoms with van der Waals surface area (Å²) < 4.78 is 4.55. The van der Waals surface area contributed by atoms with Crippen LogP contribution in [0.2, 0.25) is 0 Å². The van der Waals surface area contributed by atoms with Crippen LogP contribution in [0.4, 0.5) is 4.79 Å². The molecule has 1 amide bonds. The number of ether oxygens (including phenoxy) is 1. The van der Waals surface area contributed by atoms with Crippen LogP contribution in [0.3, 0.4) is 0 Å². The van der Waals surface area contributed by atoms with Gasteiger partial charge in [-0.15, -0.1) is 0 Å². The van der Waals surface area contributed by atoms with E-state index >= 15 is 0 Å². The standard InChI is InChI=1S/C8H11NO2S/c1-9(8(10)11-2)5-7-3-4-12-6-7/h3-4,6H,5H2,1-2H3. The van der Waals surface area contributed by atoms with E-state index < -0.39 is 0 Å². The topological polar surface area (TPSA) is 29.5 Å². The predicted molar refractivity (Wildman–Crippen MR) is 48.2 cm³/mol. The molecule has 0 bridgehead atoms. The number of methoxy groups -OCH3 is 1. The van der Waals surface area contributed by atoms with Gasteiger partial charge in [-0.3, -0.25) is 0 Å². The third-order valence-electron chi connectivity index (χ3n) is 1.49. The van der Waals surface area contributed by atoms with E-state index in [1.807, 2.05) is 16.8 Å². The summed E-state index contributed by atoms with van der Waals surface area (Å²) in [5, 5.41) is 4.00. The maximum atomic E-state index is 10.9. The largest absolute Gasteiger partial charge is 0.453 e. The van der Waals surface area contributed by atoms with Crippen molar-refractivity contribution in [2.45, 2.75) is 6.54 Å². The van der Waals surface area contributed by atoms with Gasteiger partial charge in [-0.1, -0.05) is 0 Å². The van der Waals surface area contributed by atoms with Crippen molar-refractivity contribution in [2.24, 2.45) is 0 Å². The van der Waals surface area contributed by atoms with Crippen molar-refractivity contribution in [3.05, 3.63) is 22.4 Å². The van der Waals surface area contributed by atoms with Crippen molar-refractivity contribution < 1.29 is 9.53 Å². The van der Waals surface area contributed by atoms with Crippen LogP contribution in [0, 0.1) is 0 Å². The Bertz CT molecular complexity index is 246. The van der Waals surface area contributed by atoms with Crippen LogP contribution in [0.25, 0.3) is 0 Å². The Morgan fingerprint density at radius 1 is 1.75 bits per heavy atom. The second kappa shape index (κ2) is 4.11. The highest BCUT2D eigenvalue weighted by Gasteiger charge is 2.07. The van der Waals surface area contributed by atoms with Gasteiger partial charge in [0.2, 0.25) is 0 Å². The van der Waals surface area contributed by atoms with Gasteiger partial charge >= 0.3 is 6.09 Å². The first-order valence-electron chi connectivity index (χ1n) is 3.54. The van der Waals surface area contributed by atoms with Crippen LogP contribution in [-0.4, -0.2) is 25.2 Å². The molecule has 0 aromatic carbocycles. The second-order valence-corrected chi connectivity index (χ2v) is 3.24. The first-order chi connectivity index (χ1) is 5.74. The molecule has 0 fully saturated rings. The Kier molecular flexibility index (Phi) is 3.10. The maximum Gasteiger partial charge on any atom is 0.409 e. The summed E-state index contributed by atoms with van der Waals surface area (Å²) in [7, 11) is 3.09. The maximum absolute atomic E-state index is 10.9. The Hall–Kier alpha value is -1.03. The molecule has 0 atom stereocenters. The van der Waals surface area contributed by atoms with Gasteiger partial charge in [0.25, 0.3) is 0 Å². The Balaban J connectivity index is 2.47. The molecule has 3 nitrogen and oxygen atoms in total. The van der Waals surface area contributed by atoms with E-state index in [1.165, 1.54) is 12.0 Å². The van der Waals surface area contributed by atoms with Crippen LogP contribution in [0.5, 0.6) is 0 Å². The van der Waals surface area contributed by atoms with Gasteiger partial charge in [0.1, 0.15) is 0 Å². The molecule has 4 heteroatoms. The summed E-state index contributed by atoms with van der Waals surface area (Å²) in [4.78, 5) is 12.5. The molecule has 66 valence electrons. The molecule has 0 aliphatic rings. The Morgan fingerprint density at radius 3 is 3.00 bits per heavy atom. The van der Waals surface area contributed by atoms with Crippen molar-refractivity contribution >= 4 is 17.4 Å². The average molecular weight is 185 g/mol. The highest BCUT2D eigenvalue weighted by Crippen LogP contribution is 2.08. The van der Waals surface area contributed by atoms with Crippen LogP contribution >= 0.6 is 11.3 Å². The van der Waals surface area contributed by atoms with E-state index in [0.717, 1.165) is 5.56 Å². The van der Waals surface area contributed by atoms with Gasteiger partial charge in [-0.25, -0.2) is 4.79 Å². The Morgan fingerprint density at radius 2 is 2.50 bits per heavy atom.